The molecule has 10 aromatic rings. The summed E-state index contributed by atoms with van der Waals surface area (Å²) >= 11 is 0. The van der Waals surface area contributed by atoms with Crippen LogP contribution in [0.15, 0.2) is 152 Å². The van der Waals surface area contributed by atoms with E-state index >= 15 is 0 Å². The van der Waals surface area contributed by atoms with Gasteiger partial charge in [0.2, 0.25) is 0 Å². The molecule has 0 amide bonds. The molecule has 0 fully saturated rings. The Morgan fingerprint density at radius 3 is 1.24 bits per heavy atom. The number of nitriles is 6. The zero-order valence-electron chi connectivity index (χ0n) is 34.1. The molecule has 0 spiro atoms. The normalized spacial score (nSPS) is 11.2. The van der Waals surface area contributed by atoms with Crippen molar-refractivity contribution in [3.63, 3.8) is 0 Å². The number of para-hydroxylation sites is 2. The first-order chi connectivity index (χ1) is 32.1. The molecule has 0 bridgehead atoms. The Morgan fingerprint density at radius 1 is 0.364 bits per heavy atom. The minimum Gasteiger partial charge on any atom is -0.308 e. The van der Waals surface area contributed by atoms with E-state index in [9.17, 15) is 44.7 Å². The van der Waals surface area contributed by atoms with Crippen molar-refractivity contribution in [1.29, 1.82) is 31.6 Å². The predicted octanol–water partition coefficient (Wildman–Crippen LogP) is 13.1. The van der Waals surface area contributed by atoms with Gasteiger partial charge in [0, 0.05) is 27.1 Å². The Morgan fingerprint density at radius 2 is 0.803 bits per heavy atom. The van der Waals surface area contributed by atoms with Crippen LogP contribution >= 0.6 is 0 Å². The Bertz CT molecular complexity index is 3800. The number of fused-ring (bicyclic) bond motifs is 6. The largest absolute Gasteiger partial charge is 0.416 e. The van der Waals surface area contributed by atoms with Gasteiger partial charge < -0.3 is 9.13 Å². The number of halogens is 3. The van der Waals surface area contributed by atoms with Crippen LogP contribution in [0.4, 0.5) is 13.2 Å². The summed E-state index contributed by atoms with van der Waals surface area (Å²) < 4.78 is 48.3. The van der Waals surface area contributed by atoms with Gasteiger partial charge in [0.15, 0.2) is 0 Å². The highest BCUT2D eigenvalue weighted by atomic mass is 19.4. The Kier molecular flexibility index (Phi) is 9.41. The number of hydrogen-bond acceptors (Lipinski definition) is 6. The molecule has 0 atom stereocenters. The molecule has 2 aromatic heterocycles. The molecule has 0 unspecified atom stereocenters. The van der Waals surface area contributed by atoms with Gasteiger partial charge in [-0.2, -0.15) is 44.7 Å². The van der Waals surface area contributed by atoms with Crippen molar-refractivity contribution in [2.24, 2.45) is 0 Å². The molecule has 0 saturated carbocycles. The van der Waals surface area contributed by atoms with Gasteiger partial charge in [-0.15, -0.1) is 0 Å². The summed E-state index contributed by atoms with van der Waals surface area (Å²) in [5, 5.41) is 63.2. The van der Waals surface area contributed by atoms with Crippen molar-refractivity contribution < 1.29 is 13.2 Å². The third kappa shape index (κ3) is 6.42. The van der Waals surface area contributed by atoms with Crippen molar-refractivity contribution in [2.75, 3.05) is 0 Å². The summed E-state index contributed by atoms with van der Waals surface area (Å²) in [5.74, 6) is 0. The summed E-state index contributed by atoms with van der Waals surface area (Å²) in [6.07, 6.45) is -4.82. The smallest absolute Gasteiger partial charge is 0.308 e. The van der Waals surface area contributed by atoms with Crippen molar-refractivity contribution in [2.45, 2.75) is 6.18 Å². The lowest BCUT2D eigenvalue weighted by Crippen LogP contribution is -2.08. The summed E-state index contributed by atoms with van der Waals surface area (Å²) in [6, 6.07) is 55.4. The molecule has 11 heteroatoms. The second-order valence-electron chi connectivity index (χ2n) is 15.5. The highest BCUT2D eigenvalue weighted by Crippen LogP contribution is 2.45. The van der Waals surface area contributed by atoms with E-state index in [1.165, 1.54) is 18.2 Å². The minimum absolute atomic E-state index is 0.0773. The molecule has 8 nitrogen and oxygen atoms in total. The minimum atomic E-state index is -4.82. The second-order valence-corrected chi connectivity index (χ2v) is 15.5. The van der Waals surface area contributed by atoms with Crippen molar-refractivity contribution in [3.05, 3.63) is 191 Å². The fourth-order valence-corrected chi connectivity index (χ4v) is 9.04. The van der Waals surface area contributed by atoms with Gasteiger partial charge in [0.25, 0.3) is 0 Å². The average Bonchev–Trinajstić information content (AvgIpc) is 3.87. The van der Waals surface area contributed by atoms with Crippen LogP contribution in [0.25, 0.3) is 88.4 Å². The molecule has 0 aliphatic rings. The molecular formula is C55H25F3N8. The van der Waals surface area contributed by atoms with Gasteiger partial charge in [-0.25, -0.2) is 0 Å². The van der Waals surface area contributed by atoms with E-state index in [1.54, 1.807) is 36.4 Å². The predicted molar refractivity (Wildman–Crippen MR) is 245 cm³/mol. The summed E-state index contributed by atoms with van der Waals surface area (Å²) in [4.78, 5) is 0. The Labute approximate surface area is 374 Å². The maximum absolute atomic E-state index is 14.8. The van der Waals surface area contributed by atoms with E-state index < -0.39 is 11.7 Å². The monoisotopic (exact) mass is 854 g/mol. The van der Waals surface area contributed by atoms with E-state index in [0.29, 0.717) is 83.5 Å². The van der Waals surface area contributed by atoms with Crippen LogP contribution in [0.3, 0.4) is 0 Å². The number of nitrogens with zero attached hydrogens (tertiary/aromatic N) is 8. The molecule has 0 N–H and O–H groups in total. The average molecular weight is 855 g/mol. The van der Waals surface area contributed by atoms with E-state index in [2.05, 4.69) is 30.3 Å². The molecule has 0 radical (unpaired) electrons. The van der Waals surface area contributed by atoms with E-state index in [-0.39, 0.29) is 16.7 Å². The van der Waals surface area contributed by atoms with Crippen molar-refractivity contribution in [3.8, 4) is 81.2 Å². The summed E-state index contributed by atoms with van der Waals surface area (Å²) in [7, 11) is 0. The van der Waals surface area contributed by atoms with Crippen molar-refractivity contribution >= 4 is 43.6 Å². The number of benzene rings is 8. The molecule has 0 aliphatic heterocycles. The van der Waals surface area contributed by atoms with E-state index in [1.807, 2.05) is 100 Å². The maximum atomic E-state index is 14.8. The number of hydrogen-bond donors (Lipinski definition) is 0. The lowest BCUT2D eigenvalue weighted by molar-refractivity contribution is -0.137. The quantitative estimate of drug-likeness (QED) is 0.168. The number of alkyl halides is 3. The van der Waals surface area contributed by atoms with Gasteiger partial charge in [-0.3, -0.25) is 0 Å². The van der Waals surface area contributed by atoms with Crippen LogP contribution in [0.5, 0.6) is 0 Å². The SMILES string of the molecule is N#Cc1cc(-c2c(-n3c4ccccc4c4cc(-c5ccc(C#N)cc5C#N)ccc43)cc(C#N)cc2-n2c3ccccc3c3cc(-c4ccc(C#N)cc4C#N)ccc32)cc(C(F)(F)F)c1. The van der Waals surface area contributed by atoms with Crippen LogP contribution in [-0.4, -0.2) is 9.13 Å². The first kappa shape index (κ1) is 40.2. The standard InChI is InChI=1S/C55H25F3N8/c56-55(57,58)41-20-34(28-61)19-38(23-41)54-52(65-48-7-3-1-5-44(48)46-24-36(11-15-50(46)65)42-13-9-32(26-59)17-39(42)30-63)21-35(29-62)22-53(54)66-49-8-4-2-6-45(49)47-25-37(12-16-51(47)66)43-14-10-33(27-60)18-40(43)31-64/h1-25H. The van der Waals surface area contributed by atoms with Crippen LogP contribution < -0.4 is 0 Å². The first-order valence-electron chi connectivity index (χ1n) is 20.2. The molecule has 66 heavy (non-hydrogen) atoms. The van der Waals surface area contributed by atoms with Crippen LogP contribution in [0.2, 0.25) is 0 Å². The van der Waals surface area contributed by atoms with Crippen LogP contribution in [0.1, 0.15) is 38.9 Å². The summed E-state index contributed by atoms with van der Waals surface area (Å²) in [6.45, 7) is 0. The van der Waals surface area contributed by atoms with Crippen molar-refractivity contribution in [1.82, 2.24) is 9.13 Å². The van der Waals surface area contributed by atoms with Gasteiger partial charge in [-0.05, 0) is 119 Å². The van der Waals surface area contributed by atoms with Crippen LogP contribution in [0, 0.1) is 68.0 Å². The fraction of sp³-hybridized carbons (Fsp3) is 0.0182. The third-order valence-electron chi connectivity index (χ3n) is 11.9. The molecule has 0 saturated heterocycles. The van der Waals surface area contributed by atoms with Gasteiger partial charge in [0.05, 0.1) is 109 Å². The second kappa shape index (κ2) is 15.5. The molecule has 8 aromatic carbocycles. The Balaban J connectivity index is 1.33. The fourth-order valence-electron chi connectivity index (χ4n) is 9.04. The lowest BCUT2D eigenvalue weighted by Gasteiger charge is -2.22. The Hall–Kier alpha value is -9.91. The molecule has 306 valence electrons. The summed E-state index contributed by atoms with van der Waals surface area (Å²) in [5.41, 5.74) is 6.59. The van der Waals surface area contributed by atoms with Gasteiger partial charge in [-0.1, -0.05) is 60.7 Å². The highest BCUT2D eigenvalue weighted by molar-refractivity contribution is 6.13. The third-order valence-corrected chi connectivity index (χ3v) is 11.9. The molecular weight excluding hydrogens is 830 g/mol. The van der Waals surface area contributed by atoms with E-state index in [0.717, 1.165) is 33.7 Å². The molecule has 0 aliphatic carbocycles. The molecule has 2 heterocycles. The zero-order valence-corrected chi connectivity index (χ0v) is 34.1. The lowest BCUT2D eigenvalue weighted by atomic mass is 9.94. The maximum Gasteiger partial charge on any atom is 0.416 e. The van der Waals surface area contributed by atoms with Gasteiger partial charge in [0.1, 0.15) is 0 Å². The number of aromatic nitrogens is 2. The number of rotatable bonds is 5. The van der Waals surface area contributed by atoms with E-state index in [4.69, 9.17) is 0 Å². The molecule has 10 rings (SSSR count). The zero-order chi connectivity index (χ0) is 45.9. The topological polar surface area (TPSA) is 153 Å². The highest BCUT2D eigenvalue weighted by Gasteiger charge is 2.33. The first-order valence-corrected chi connectivity index (χ1v) is 20.2. The van der Waals surface area contributed by atoms with Crippen LogP contribution in [-0.2, 0) is 6.18 Å². The van der Waals surface area contributed by atoms with Gasteiger partial charge >= 0.3 is 6.18 Å².